The van der Waals surface area contributed by atoms with E-state index >= 15 is 0 Å². The van der Waals surface area contributed by atoms with Crippen LogP contribution in [0.1, 0.15) is 18.3 Å². The molecule has 0 bridgehead atoms. The summed E-state index contributed by atoms with van der Waals surface area (Å²) < 4.78 is 6.72. The van der Waals surface area contributed by atoms with E-state index in [1.165, 1.54) is 0 Å². The van der Waals surface area contributed by atoms with Crippen LogP contribution in [0.3, 0.4) is 0 Å². The van der Waals surface area contributed by atoms with Gasteiger partial charge in [-0.3, -0.25) is 0 Å². The summed E-state index contributed by atoms with van der Waals surface area (Å²) in [6.45, 7) is 3.05. The molecule has 6 heteroatoms. The van der Waals surface area contributed by atoms with Crippen LogP contribution in [0.15, 0.2) is 30.3 Å². The number of hydrogen-bond donors (Lipinski definition) is 1. The van der Waals surface area contributed by atoms with E-state index in [-0.39, 0.29) is 6.61 Å². The molecule has 0 aliphatic rings. The van der Waals surface area contributed by atoms with E-state index in [9.17, 15) is 5.11 Å². The summed E-state index contributed by atoms with van der Waals surface area (Å²) in [5.41, 5.74) is 1.07. The maximum absolute atomic E-state index is 9.80. The Morgan fingerprint density at radius 3 is 2.85 bits per heavy atom. The fourth-order valence-electron chi connectivity index (χ4n) is 1.70. The fourth-order valence-corrected chi connectivity index (χ4v) is 1.70. The zero-order valence-electron chi connectivity index (χ0n) is 11.4. The van der Waals surface area contributed by atoms with Crippen molar-refractivity contribution in [2.45, 2.75) is 19.6 Å². The van der Waals surface area contributed by atoms with Crippen molar-refractivity contribution < 1.29 is 9.84 Å². The number of aromatic nitrogens is 4. The molecule has 1 atom stereocenters. The Balaban J connectivity index is 2.00. The molecule has 0 amide bonds. The Hall–Kier alpha value is -2.05. The van der Waals surface area contributed by atoms with Crippen LogP contribution in [0.5, 0.6) is 0 Å². The van der Waals surface area contributed by atoms with E-state index < -0.39 is 6.10 Å². The number of hydrogen-bond acceptors (Lipinski definition) is 5. The standard InChI is InChI=1S/C14H18N4O2/c1-2-20-11-13(19)10-18-14(15-16-17-18)9-8-12-6-4-3-5-7-12/h3-9,13,19H,2,10-11H2,1H3/b9-8+/t13-/m0/s1. The maximum Gasteiger partial charge on any atom is 0.174 e. The van der Waals surface area contributed by atoms with Crippen LogP contribution in [0.25, 0.3) is 12.2 Å². The van der Waals surface area contributed by atoms with Gasteiger partial charge >= 0.3 is 0 Å². The highest BCUT2D eigenvalue weighted by atomic mass is 16.5. The number of ether oxygens (including phenoxy) is 1. The van der Waals surface area contributed by atoms with Gasteiger partial charge in [-0.25, -0.2) is 4.68 Å². The van der Waals surface area contributed by atoms with Crippen molar-refractivity contribution in [1.29, 1.82) is 0 Å². The molecule has 0 radical (unpaired) electrons. The molecule has 0 unspecified atom stereocenters. The van der Waals surface area contributed by atoms with Crippen LogP contribution in [-0.4, -0.2) is 44.6 Å². The van der Waals surface area contributed by atoms with Crippen LogP contribution in [0.4, 0.5) is 0 Å². The average Bonchev–Trinajstić information content (AvgIpc) is 2.91. The third kappa shape index (κ3) is 4.25. The van der Waals surface area contributed by atoms with Crippen LogP contribution >= 0.6 is 0 Å². The molecule has 106 valence electrons. The van der Waals surface area contributed by atoms with Gasteiger partial charge in [0, 0.05) is 6.61 Å². The smallest absolute Gasteiger partial charge is 0.174 e. The summed E-state index contributed by atoms with van der Waals surface area (Å²) in [5.74, 6) is 0.601. The number of benzene rings is 1. The molecule has 0 aliphatic carbocycles. The van der Waals surface area contributed by atoms with Crippen LogP contribution in [0, 0.1) is 0 Å². The molecule has 0 saturated carbocycles. The molecule has 20 heavy (non-hydrogen) atoms. The van der Waals surface area contributed by atoms with Crippen molar-refractivity contribution in [2.75, 3.05) is 13.2 Å². The minimum Gasteiger partial charge on any atom is -0.389 e. The summed E-state index contributed by atoms with van der Waals surface area (Å²) in [5, 5.41) is 21.2. The van der Waals surface area contributed by atoms with E-state index in [2.05, 4.69) is 15.5 Å². The number of nitrogens with zero attached hydrogens (tertiary/aromatic N) is 4. The van der Waals surface area contributed by atoms with Gasteiger partial charge in [0.05, 0.1) is 19.3 Å². The SMILES string of the molecule is CCOC[C@@H](O)Cn1nnnc1/C=C/c1ccccc1. The normalized spacial score (nSPS) is 12.9. The van der Waals surface area contributed by atoms with Gasteiger partial charge in [-0.2, -0.15) is 0 Å². The second-order valence-corrected chi connectivity index (χ2v) is 4.28. The van der Waals surface area contributed by atoms with Gasteiger partial charge in [0.15, 0.2) is 5.82 Å². The Morgan fingerprint density at radius 2 is 2.10 bits per heavy atom. The van der Waals surface area contributed by atoms with Crippen molar-refractivity contribution in [2.24, 2.45) is 0 Å². The topological polar surface area (TPSA) is 73.1 Å². The van der Waals surface area contributed by atoms with Crippen LogP contribution in [-0.2, 0) is 11.3 Å². The summed E-state index contributed by atoms with van der Waals surface area (Å²) >= 11 is 0. The Bertz CT molecular complexity index is 539. The number of aliphatic hydroxyl groups is 1. The predicted molar refractivity (Wildman–Crippen MR) is 75.7 cm³/mol. The largest absolute Gasteiger partial charge is 0.389 e. The molecule has 0 fully saturated rings. The first-order chi connectivity index (χ1) is 9.79. The van der Waals surface area contributed by atoms with Gasteiger partial charge in [-0.1, -0.05) is 36.4 Å². The Morgan fingerprint density at radius 1 is 1.30 bits per heavy atom. The first kappa shape index (κ1) is 14.4. The number of tetrazole rings is 1. The van der Waals surface area contributed by atoms with Gasteiger partial charge in [-0.15, -0.1) is 5.10 Å². The van der Waals surface area contributed by atoms with Gasteiger partial charge in [0.25, 0.3) is 0 Å². The predicted octanol–water partition coefficient (Wildman–Crippen LogP) is 1.24. The van der Waals surface area contributed by atoms with Crippen molar-refractivity contribution in [3.05, 3.63) is 41.7 Å². The van der Waals surface area contributed by atoms with Crippen molar-refractivity contribution >= 4 is 12.2 Å². The first-order valence-electron chi connectivity index (χ1n) is 6.54. The molecule has 2 aromatic rings. The van der Waals surface area contributed by atoms with Gasteiger partial charge in [0.1, 0.15) is 0 Å². The number of rotatable bonds is 7. The fraction of sp³-hybridized carbons (Fsp3) is 0.357. The highest BCUT2D eigenvalue weighted by Crippen LogP contribution is 2.05. The van der Waals surface area contributed by atoms with E-state index in [4.69, 9.17) is 4.74 Å². The Labute approximate surface area is 117 Å². The second kappa shape index (κ2) is 7.52. The summed E-state index contributed by atoms with van der Waals surface area (Å²) in [7, 11) is 0. The van der Waals surface area contributed by atoms with Gasteiger partial charge in [0.2, 0.25) is 0 Å². The average molecular weight is 274 g/mol. The molecule has 1 heterocycles. The first-order valence-corrected chi connectivity index (χ1v) is 6.54. The monoisotopic (exact) mass is 274 g/mol. The lowest BCUT2D eigenvalue weighted by Crippen LogP contribution is -2.23. The molecule has 1 aromatic carbocycles. The molecule has 2 rings (SSSR count). The molecule has 0 saturated heterocycles. The lowest BCUT2D eigenvalue weighted by Gasteiger charge is -2.10. The van der Waals surface area contributed by atoms with Crippen molar-refractivity contribution in [1.82, 2.24) is 20.2 Å². The molecule has 1 N–H and O–H groups in total. The third-order valence-corrected chi connectivity index (χ3v) is 2.68. The molecular weight excluding hydrogens is 256 g/mol. The zero-order chi connectivity index (χ0) is 14.2. The zero-order valence-corrected chi connectivity index (χ0v) is 11.4. The number of aliphatic hydroxyl groups excluding tert-OH is 1. The molecule has 0 spiro atoms. The highest BCUT2D eigenvalue weighted by molar-refractivity contribution is 5.66. The Kier molecular flexibility index (Phi) is 5.40. The van der Waals surface area contributed by atoms with Crippen molar-refractivity contribution in [3.8, 4) is 0 Å². The summed E-state index contributed by atoms with van der Waals surface area (Å²) in [6.07, 6.45) is 3.13. The highest BCUT2D eigenvalue weighted by Gasteiger charge is 2.09. The lowest BCUT2D eigenvalue weighted by molar-refractivity contribution is 0.0312. The van der Waals surface area contributed by atoms with Crippen molar-refractivity contribution in [3.63, 3.8) is 0 Å². The molecule has 6 nitrogen and oxygen atoms in total. The van der Waals surface area contributed by atoms with E-state index in [1.54, 1.807) is 4.68 Å². The molecule has 1 aromatic heterocycles. The van der Waals surface area contributed by atoms with Crippen LogP contribution < -0.4 is 0 Å². The molecular formula is C14H18N4O2. The summed E-state index contributed by atoms with van der Waals surface area (Å²) in [6, 6.07) is 9.89. The van der Waals surface area contributed by atoms with Gasteiger partial charge in [-0.05, 0) is 29.0 Å². The molecule has 0 aliphatic heterocycles. The maximum atomic E-state index is 9.80. The van der Waals surface area contributed by atoms with Crippen LogP contribution in [0.2, 0.25) is 0 Å². The quantitative estimate of drug-likeness (QED) is 0.822. The minimum absolute atomic E-state index is 0.276. The van der Waals surface area contributed by atoms with E-state index in [0.717, 1.165) is 5.56 Å². The van der Waals surface area contributed by atoms with Gasteiger partial charge < -0.3 is 9.84 Å². The third-order valence-electron chi connectivity index (χ3n) is 2.68. The van der Waals surface area contributed by atoms with E-state index in [0.29, 0.717) is 19.0 Å². The lowest BCUT2D eigenvalue weighted by atomic mass is 10.2. The second-order valence-electron chi connectivity index (χ2n) is 4.28. The summed E-state index contributed by atoms with van der Waals surface area (Å²) in [4.78, 5) is 0. The minimum atomic E-state index is -0.623. The van der Waals surface area contributed by atoms with E-state index in [1.807, 2.05) is 49.4 Å².